The van der Waals surface area contributed by atoms with Crippen molar-refractivity contribution < 1.29 is 19.7 Å². The van der Waals surface area contributed by atoms with Crippen molar-refractivity contribution in [3.63, 3.8) is 0 Å². The maximum atomic E-state index is 11.9. The lowest BCUT2D eigenvalue weighted by molar-refractivity contribution is -0.143. The third kappa shape index (κ3) is 42.0. The normalized spacial score (nSPS) is 11.7. The molecule has 0 aromatic rings. The summed E-state index contributed by atoms with van der Waals surface area (Å²) in [5.74, 6) is 0.0257. The lowest BCUT2D eigenvalue weighted by atomic mass is 10.0. The molecule has 0 amide bonds. The van der Waals surface area contributed by atoms with Crippen molar-refractivity contribution in [2.24, 2.45) is 0 Å². The van der Waals surface area contributed by atoms with Gasteiger partial charge in [0.15, 0.2) is 0 Å². The summed E-state index contributed by atoms with van der Waals surface area (Å²) < 4.78 is 5.42. The maximum Gasteiger partial charge on any atom is 0.305 e. The molecule has 0 bridgehead atoms. The fourth-order valence-corrected chi connectivity index (χ4v) is 4.84. The number of carbonyl (C=O) groups is 1. The molecule has 0 saturated heterocycles. The summed E-state index contributed by atoms with van der Waals surface area (Å²) in [6.07, 6.45) is 36.6. The van der Waals surface area contributed by atoms with E-state index in [4.69, 9.17) is 14.9 Å². The first kappa shape index (κ1) is 40.5. The molecular weight excluding hydrogens is 484 g/mol. The molecule has 0 saturated carbocycles. The number of hydrogen-bond donors (Lipinski definition) is 2. The van der Waals surface area contributed by atoms with Crippen molar-refractivity contribution in [2.75, 3.05) is 13.2 Å². The van der Waals surface area contributed by atoms with Crippen molar-refractivity contribution in [2.45, 2.75) is 207 Å². The zero-order valence-electron chi connectivity index (χ0n) is 27.0. The average molecular weight is 557 g/mol. The number of carbonyl (C=O) groups excluding carboxylic acids is 1. The Kier molecular flexibility index (Phi) is 38.9. The summed E-state index contributed by atoms with van der Waals surface area (Å²) in [7, 11) is 0. The molecule has 1 atom stereocenters. The molecule has 0 aliphatic heterocycles. The number of ether oxygens (including phenoxy) is 1. The Morgan fingerprint density at radius 2 is 0.769 bits per heavy atom. The number of aliphatic hydroxyl groups is 2. The first-order valence-corrected chi connectivity index (χ1v) is 17.5. The zero-order valence-corrected chi connectivity index (χ0v) is 27.0. The highest BCUT2D eigenvalue weighted by molar-refractivity contribution is 5.69. The van der Waals surface area contributed by atoms with Crippen LogP contribution in [0, 0.1) is 0 Å². The number of aliphatic hydroxyl groups excluding tert-OH is 2. The van der Waals surface area contributed by atoms with Crippen molar-refractivity contribution >= 4 is 5.97 Å². The molecule has 0 rings (SSSR count). The molecule has 4 nitrogen and oxygen atoms in total. The van der Waals surface area contributed by atoms with E-state index in [1.807, 2.05) is 0 Å². The van der Waals surface area contributed by atoms with E-state index in [0.29, 0.717) is 13.0 Å². The second kappa shape index (κ2) is 37.4. The van der Waals surface area contributed by atoms with Crippen LogP contribution in [-0.4, -0.2) is 35.5 Å². The minimum Gasteiger partial charge on any atom is -0.466 e. The average Bonchev–Trinajstić information content (AvgIpc) is 2.93. The molecular formula is C35H72O4. The Morgan fingerprint density at radius 1 is 0.513 bits per heavy atom. The van der Waals surface area contributed by atoms with E-state index in [1.165, 1.54) is 167 Å². The second-order valence-corrected chi connectivity index (χ2v) is 11.8. The molecule has 2 N–H and O–H groups in total. The predicted octanol–water partition coefficient (Wildman–Crippen LogP) is 10.9. The van der Waals surface area contributed by atoms with Crippen LogP contribution in [0.25, 0.3) is 0 Å². The van der Waals surface area contributed by atoms with Crippen molar-refractivity contribution in [3.05, 3.63) is 0 Å². The van der Waals surface area contributed by atoms with Gasteiger partial charge in [-0.3, -0.25) is 4.79 Å². The third-order valence-corrected chi connectivity index (χ3v) is 7.51. The molecule has 39 heavy (non-hydrogen) atoms. The van der Waals surface area contributed by atoms with Crippen LogP contribution < -0.4 is 0 Å². The van der Waals surface area contributed by atoms with Crippen LogP contribution in [0.3, 0.4) is 0 Å². The van der Waals surface area contributed by atoms with Crippen molar-refractivity contribution in [3.8, 4) is 0 Å². The second-order valence-electron chi connectivity index (χ2n) is 11.8. The van der Waals surface area contributed by atoms with Crippen LogP contribution in [0.4, 0.5) is 0 Å². The Bertz CT molecular complexity index is 438. The van der Waals surface area contributed by atoms with E-state index in [2.05, 4.69) is 13.8 Å². The number of hydrogen-bond acceptors (Lipinski definition) is 4. The molecule has 0 heterocycles. The van der Waals surface area contributed by atoms with E-state index >= 15 is 0 Å². The fourth-order valence-electron chi connectivity index (χ4n) is 4.84. The predicted molar refractivity (Wildman–Crippen MR) is 170 cm³/mol. The van der Waals surface area contributed by atoms with Gasteiger partial charge in [0.1, 0.15) is 0 Å². The topological polar surface area (TPSA) is 66.8 Å². The smallest absolute Gasteiger partial charge is 0.305 e. The third-order valence-electron chi connectivity index (χ3n) is 7.51. The number of esters is 1. The van der Waals surface area contributed by atoms with Crippen LogP contribution in [0.1, 0.15) is 201 Å². The monoisotopic (exact) mass is 557 g/mol. The Balaban J connectivity index is 0. The van der Waals surface area contributed by atoms with E-state index in [0.717, 1.165) is 12.8 Å². The highest BCUT2D eigenvalue weighted by Gasteiger charge is 2.02. The van der Waals surface area contributed by atoms with Gasteiger partial charge in [-0.1, -0.05) is 174 Å². The lowest BCUT2D eigenvalue weighted by Crippen LogP contribution is -2.05. The van der Waals surface area contributed by atoms with Crippen LogP contribution in [0.5, 0.6) is 0 Å². The van der Waals surface area contributed by atoms with Gasteiger partial charge in [0.2, 0.25) is 0 Å². The largest absolute Gasteiger partial charge is 0.466 e. The van der Waals surface area contributed by atoms with Gasteiger partial charge in [-0.15, -0.1) is 0 Å². The van der Waals surface area contributed by atoms with Gasteiger partial charge in [-0.2, -0.15) is 0 Å². The summed E-state index contributed by atoms with van der Waals surface area (Å²) >= 11 is 0. The number of unbranched alkanes of at least 4 members (excludes halogenated alkanes) is 25. The van der Waals surface area contributed by atoms with Crippen LogP contribution in [0.2, 0.25) is 0 Å². The summed E-state index contributed by atoms with van der Waals surface area (Å²) in [6, 6.07) is 0. The lowest BCUT2D eigenvalue weighted by Gasteiger charge is -2.06. The molecule has 0 spiro atoms. The van der Waals surface area contributed by atoms with Gasteiger partial charge in [0, 0.05) is 6.42 Å². The van der Waals surface area contributed by atoms with Gasteiger partial charge in [-0.25, -0.2) is 0 Å². The van der Waals surface area contributed by atoms with Gasteiger partial charge in [-0.05, 0) is 19.8 Å². The van der Waals surface area contributed by atoms with Crippen LogP contribution >= 0.6 is 0 Å². The highest BCUT2D eigenvalue weighted by atomic mass is 16.5. The van der Waals surface area contributed by atoms with Crippen molar-refractivity contribution in [1.29, 1.82) is 0 Å². The first-order chi connectivity index (χ1) is 19.1. The molecule has 1 unspecified atom stereocenters. The van der Waals surface area contributed by atoms with Gasteiger partial charge in [0.05, 0.1) is 19.3 Å². The van der Waals surface area contributed by atoms with E-state index < -0.39 is 6.10 Å². The fraction of sp³-hybridized carbons (Fsp3) is 0.971. The molecule has 0 aromatic carbocycles. The summed E-state index contributed by atoms with van der Waals surface area (Å²) in [4.78, 5) is 11.9. The van der Waals surface area contributed by atoms with E-state index in [1.54, 1.807) is 0 Å². The van der Waals surface area contributed by atoms with E-state index in [9.17, 15) is 4.79 Å². The summed E-state index contributed by atoms with van der Waals surface area (Å²) in [5.41, 5.74) is 0. The van der Waals surface area contributed by atoms with Gasteiger partial charge >= 0.3 is 5.97 Å². The van der Waals surface area contributed by atoms with Gasteiger partial charge < -0.3 is 14.9 Å². The minimum absolute atomic E-state index is 0.0257. The SMILES string of the molecule is CC(O)CO.CCCCCCCCCCCCCCCCOC(=O)CCCCCCCCCCCCCCC. The van der Waals surface area contributed by atoms with Crippen LogP contribution in [0.15, 0.2) is 0 Å². The van der Waals surface area contributed by atoms with E-state index in [-0.39, 0.29) is 12.6 Å². The Morgan fingerprint density at radius 3 is 1.05 bits per heavy atom. The highest BCUT2D eigenvalue weighted by Crippen LogP contribution is 2.14. The molecule has 0 aromatic heterocycles. The summed E-state index contributed by atoms with van der Waals surface area (Å²) in [6.45, 7) is 6.59. The molecule has 4 heteroatoms. The number of rotatable bonds is 30. The quantitative estimate of drug-likeness (QED) is 0.0682. The molecule has 0 aliphatic carbocycles. The van der Waals surface area contributed by atoms with Crippen molar-refractivity contribution in [1.82, 2.24) is 0 Å². The Hall–Kier alpha value is -0.610. The minimum atomic E-state index is -0.560. The maximum absolute atomic E-state index is 11.9. The van der Waals surface area contributed by atoms with Gasteiger partial charge in [0.25, 0.3) is 0 Å². The molecule has 236 valence electrons. The summed E-state index contributed by atoms with van der Waals surface area (Å²) in [5, 5.41) is 16.0. The molecule has 0 radical (unpaired) electrons. The zero-order chi connectivity index (χ0) is 29.1. The first-order valence-electron chi connectivity index (χ1n) is 17.5. The van der Waals surface area contributed by atoms with Crippen LogP contribution in [-0.2, 0) is 9.53 Å². The molecule has 0 fully saturated rings. The molecule has 0 aliphatic rings. The standard InChI is InChI=1S/C32H64O2.C3H8O2/c1-3-5-7-9-11-13-15-17-19-21-23-25-27-29-31-34-32(33)30-28-26-24-22-20-18-16-14-12-10-8-6-4-2;1-3(5)2-4/h3-31H2,1-2H3;3-5H,2H2,1H3. The Labute approximate surface area is 245 Å².